The molecular formula is C17H23ClN2. The quantitative estimate of drug-likeness (QED) is 0.827. The summed E-state index contributed by atoms with van der Waals surface area (Å²) in [5.74, 6) is 0.681. The number of halogens is 1. The van der Waals surface area contributed by atoms with Gasteiger partial charge >= 0.3 is 0 Å². The molecule has 108 valence electrons. The number of benzene rings is 1. The Morgan fingerprint density at radius 2 is 1.90 bits per heavy atom. The summed E-state index contributed by atoms with van der Waals surface area (Å²) >= 11 is 5.91. The zero-order valence-corrected chi connectivity index (χ0v) is 13.2. The Bertz CT molecular complexity index is 560. The lowest BCUT2D eigenvalue weighted by atomic mass is 9.85. The lowest BCUT2D eigenvalue weighted by molar-refractivity contribution is 0.260. The minimum atomic E-state index is 0.200. The number of aromatic nitrogens is 1. The Hall–Kier alpha value is -1.12. The minimum absolute atomic E-state index is 0.200. The first-order valence-corrected chi connectivity index (χ1v) is 7.68. The van der Waals surface area contributed by atoms with Crippen LogP contribution in [0.3, 0.4) is 0 Å². The van der Waals surface area contributed by atoms with Crippen LogP contribution in [0.15, 0.2) is 36.4 Å². The molecule has 0 amide bonds. The molecule has 0 saturated carbocycles. The van der Waals surface area contributed by atoms with Gasteiger partial charge in [0.2, 0.25) is 0 Å². The molecule has 0 fully saturated rings. The maximum absolute atomic E-state index is 5.91. The molecule has 20 heavy (non-hydrogen) atoms. The molecule has 0 aliphatic rings. The van der Waals surface area contributed by atoms with Gasteiger partial charge in [0.25, 0.3) is 0 Å². The van der Waals surface area contributed by atoms with E-state index < -0.39 is 0 Å². The molecule has 2 nitrogen and oxygen atoms in total. The summed E-state index contributed by atoms with van der Waals surface area (Å²) in [5, 5.41) is 4.78. The summed E-state index contributed by atoms with van der Waals surface area (Å²) in [6.45, 7) is 7.50. The molecule has 1 heterocycles. The van der Waals surface area contributed by atoms with Gasteiger partial charge in [0.05, 0.1) is 11.2 Å². The number of hydrogen-bond acceptors (Lipinski definition) is 2. The van der Waals surface area contributed by atoms with Gasteiger partial charge in [0.1, 0.15) is 0 Å². The number of hydrogen-bond donors (Lipinski definition) is 1. The molecule has 2 rings (SSSR count). The van der Waals surface area contributed by atoms with Gasteiger partial charge in [-0.2, -0.15) is 0 Å². The number of fused-ring (bicyclic) bond motifs is 1. The summed E-state index contributed by atoms with van der Waals surface area (Å²) in [4.78, 5) is 4.69. The third-order valence-electron chi connectivity index (χ3n) is 3.63. The number of alkyl halides is 1. The van der Waals surface area contributed by atoms with Crippen LogP contribution in [0.5, 0.6) is 0 Å². The van der Waals surface area contributed by atoms with Crippen molar-refractivity contribution in [3.8, 4) is 0 Å². The number of pyridine rings is 1. The van der Waals surface area contributed by atoms with E-state index in [1.807, 2.05) is 12.1 Å². The van der Waals surface area contributed by atoms with E-state index in [4.69, 9.17) is 16.6 Å². The maximum Gasteiger partial charge on any atom is 0.0705 e. The smallest absolute Gasteiger partial charge is 0.0705 e. The largest absolute Gasteiger partial charge is 0.308 e. The van der Waals surface area contributed by atoms with Crippen LogP contribution in [0, 0.1) is 5.41 Å². The highest BCUT2D eigenvalue weighted by Crippen LogP contribution is 2.22. The van der Waals surface area contributed by atoms with Crippen LogP contribution in [-0.4, -0.2) is 16.9 Å². The summed E-state index contributed by atoms with van der Waals surface area (Å²) < 4.78 is 0. The molecule has 3 heteroatoms. The first-order chi connectivity index (χ1) is 9.50. The summed E-state index contributed by atoms with van der Waals surface area (Å²) in [6.07, 6.45) is 0.971. The molecular weight excluding hydrogens is 268 g/mol. The van der Waals surface area contributed by atoms with Crippen molar-refractivity contribution in [3.63, 3.8) is 0 Å². The number of para-hydroxylation sites is 1. The Balaban J connectivity index is 2.07. The summed E-state index contributed by atoms with van der Waals surface area (Å²) in [6, 6.07) is 12.8. The second-order valence-electron chi connectivity index (χ2n) is 6.27. The third-order valence-corrected chi connectivity index (χ3v) is 3.85. The van der Waals surface area contributed by atoms with Gasteiger partial charge in [-0.3, -0.25) is 4.98 Å². The molecule has 0 bridgehead atoms. The molecule has 2 aromatic rings. The lowest BCUT2D eigenvalue weighted by Gasteiger charge is -2.31. The van der Waals surface area contributed by atoms with Crippen molar-refractivity contribution in [3.05, 3.63) is 42.1 Å². The average Bonchev–Trinajstić information content (AvgIpc) is 2.42. The van der Waals surface area contributed by atoms with E-state index in [-0.39, 0.29) is 5.41 Å². The van der Waals surface area contributed by atoms with E-state index in [2.05, 4.69) is 50.4 Å². The predicted octanol–water partition coefficient (Wildman–Crippen LogP) is 4.37. The molecule has 0 aliphatic heterocycles. The highest BCUT2D eigenvalue weighted by Gasteiger charge is 2.23. The standard InChI is InChI=1S/C17H23ClN2/c1-17(2,3)16(10-11-18)19-12-14-9-8-13-6-4-5-7-15(13)20-14/h4-9,16,19H,10-12H2,1-3H3. The average molecular weight is 291 g/mol. The summed E-state index contributed by atoms with van der Waals surface area (Å²) in [5.41, 5.74) is 2.33. The van der Waals surface area contributed by atoms with E-state index in [1.54, 1.807) is 0 Å². The predicted molar refractivity (Wildman–Crippen MR) is 87.2 cm³/mol. The zero-order chi connectivity index (χ0) is 14.6. The lowest BCUT2D eigenvalue weighted by Crippen LogP contribution is -2.40. The Labute approximate surface area is 126 Å². The van der Waals surface area contributed by atoms with Crippen molar-refractivity contribution in [2.75, 3.05) is 5.88 Å². The minimum Gasteiger partial charge on any atom is -0.308 e. The first kappa shape index (κ1) is 15.3. The van der Waals surface area contributed by atoms with E-state index in [1.165, 1.54) is 5.39 Å². The molecule has 1 N–H and O–H groups in total. The Kier molecular flexibility index (Phi) is 5.00. The maximum atomic E-state index is 5.91. The fourth-order valence-corrected chi connectivity index (χ4v) is 2.60. The SMILES string of the molecule is CC(C)(C)C(CCCl)NCc1ccc2ccccc2n1. The van der Waals surface area contributed by atoms with Crippen molar-refractivity contribution in [1.29, 1.82) is 0 Å². The van der Waals surface area contributed by atoms with E-state index in [9.17, 15) is 0 Å². The summed E-state index contributed by atoms with van der Waals surface area (Å²) in [7, 11) is 0. The van der Waals surface area contributed by atoms with Gasteiger partial charge < -0.3 is 5.32 Å². The fraction of sp³-hybridized carbons (Fsp3) is 0.471. The fourth-order valence-electron chi connectivity index (χ4n) is 2.38. The Morgan fingerprint density at radius 1 is 1.15 bits per heavy atom. The second kappa shape index (κ2) is 6.55. The normalized spacial score (nSPS) is 13.6. The monoisotopic (exact) mass is 290 g/mol. The van der Waals surface area contributed by atoms with Crippen molar-refractivity contribution < 1.29 is 0 Å². The second-order valence-corrected chi connectivity index (χ2v) is 6.65. The highest BCUT2D eigenvalue weighted by atomic mass is 35.5. The number of nitrogens with one attached hydrogen (secondary N) is 1. The van der Waals surface area contributed by atoms with Crippen molar-refractivity contribution >= 4 is 22.5 Å². The van der Waals surface area contributed by atoms with Crippen LogP contribution in [0.1, 0.15) is 32.9 Å². The molecule has 0 spiro atoms. The van der Waals surface area contributed by atoms with Crippen molar-refractivity contribution in [2.45, 2.75) is 39.8 Å². The first-order valence-electron chi connectivity index (χ1n) is 7.15. The van der Waals surface area contributed by atoms with Crippen LogP contribution in [0.25, 0.3) is 10.9 Å². The van der Waals surface area contributed by atoms with Crippen LogP contribution in [-0.2, 0) is 6.54 Å². The van der Waals surface area contributed by atoms with E-state index >= 15 is 0 Å². The number of rotatable bonds is 5. The zero-order valence-electron chi connectivity index (χ0n) is 12.5. The van der Waals surface area contributed by atoms with Gasteiger partial charge in [0, 0.05) is 23.9 Å². The molecule has 0 aliphatic carbocycles. The molecule has 0 saturated heterocycles. The van der Waals surface area contributed by atoms with Crippen molar-refractivity contribution in [1.82, 2.24) is 10.3 Å². The molecule has 1 unspecified atom stereocenters. The van der Waals surface area contributed by atoms with Gasteiger partial charge in [-0.15, -0.1) is 11.6 Å². The topological polar surface area (TPSA) is 24.9 Å². The Morgan fingerprint density at radius 3 is 2.60 bits per heavy atom. The van der Waals surface area contributed by atoms with E-state index in [0.29, 0.717) is 11.9 Å². The van der Waals surface area contributed by atoms with Gasteiger partial charge in [-0.25, -0.2) is 0 Å². The molecule has 1 aromatic heterocycles. The van der Waals surface area contributed by atoms with Crippen LogP contribution in [0.2, 0.25) is 0 Å². The van der Waals surface area contributed by atoms with Gasteiger partial charge in [-0.05, 0) is 24.0 Å². The number of nitrogens with zero attached hydrogens (tertiary/aromatic N) is 1. The van der Waals surface area contributed by atoms with Crippen LogP contribution < -0.4 is 5.32 Å². The molecule has 1 atom stereocenters. The van der Waals surface area contributed by atoms with Gasteiger partial charge in [0.15, 0.2) is 0 Å². The van der Waals surface area contributed by atoms with Crippen LogP contribution in [0.4, 0.5) is 0 Å². The third kappa shape index (κ3) is 3.94. The molecule has 1 aromatic carbocycles. The van der Waals surface area contributed by atoms with E-state index in [0.717, 1.165) is 24.2 Å². The van der Waals surface area contributed by atoms with Crippen LogP contribution >= 0.6 is 11.6 Å². The molecule has 0 radical (unpaired) electrons. The highest BCUT2D eigenvalue weighted by molar-refractivity contribution is 6.17. The van der Waals surface area contributed by atoms with Crippen molar-refractivity contribution in [2.24, 2.45) is 5.41 Å². The van der Waals surface area contributed by atoms with Gasteiger partial charge in [-0.1, -0.05) is 45.0 Å².